The van der Waals surface area contributed by atoms with Gasteiger partial charge in [-0.05, 0) is 41.5 Å². The lowest BCUT2D eigenvalue weighted by molar-refractivity contribution is 0.104. The highest BCUT2D eigenvalue weighted by molar-refractivity contribution is 6.35. The summed E-state index contributed by atoms with van der Waals surface area (Å²) in [6, 6.07) is 15.4. The van der Waals surface area contributed by atoms with E-state index in [2.05, 4.69) is 0 Å². The number of ketones is 1. The summed E-state index contributed by atoms with van der Waals surface area (Å²) in [5.74, 6) is -0.638. The van der Waals surface area contributed by atoms with Crippen molar-refractivity contribution in [3.05, 3.63) is 82.1 Å². The fraction of sp³-hybridized carbons (Fsp3) is 0.0556. The van der Waals surface area contributed by atoms with Crippen molar-refractivity contribution in [1.29, 1.82) is 0 Å². The Morgan fingerprint density at radius 3 is 2.57 bits per heavy atom. The third-order valence-electron chi connectivity index (χ3n) is 3.54. The standard InChI is InChI=1S/C18H12ClFO/c1-11-6-7-12-4-2-3-5-14(12)17(11)18(21)15-9-8-13(20)10-16(15)19/h2-10H,1H3. The maximum absolute atomic E-state index is 13.1. The first-order valence-electron chi connectivity index (χ1n) is 6.56. The van der Waals surface area contributed by atoms with Gasteiger partial charge in [0, 0.05) is 11.1 Å². The van der Waals surface area contributed by atoms with Gasteiger partial charge in [-0.1, -0.05) is 48.0 Å². The Morgan fingerprint density at radius 2 is 1.81 bits per heavy atom. The molecule has 3 heteroatoms. The molecule has 0 spiro atoms. The first-order valence-corrected chi connectivity index (χ1v) is 6.94. The van der Waals surface area contributed by atoms with Crippen molar-refractivity contribution in [2.75, 3.05) is 0 Å². The number of aryl methyl sites for hydroxylation is 1. The zero-order valence-electron chi connectivity index (χ0n) is 11.4. The molecule has 0 saturated heterocycles. The number of hydrogen-bond acceptors (Lipinski definition) is 1. The maximum atomic E-state index is 13.1. The fourth-order valence-corrected chi connectivity index (χ4v) is 2.74. The first kappa shape index (κ1) is 13.8. The van der Waals surface area contributed by atoms with Crippen LogP contribution in [0.4, 0.5) is 4.39 Å². The number of halogens is 2. The number of benzene rings is 3. The van der Waals surface area contributed by atoms with Crippen molar-refractivity contribution in [3.8, 4) is 0 Å². The van der Waals surface area contributed by atoms with Crippen molar-refractivity contribution < 1.29 is 9.18 Å². The molecule has 0 N–H and O–H groups in total. The predicted octanol–water partition coefficient (Wildman–Crippen LogP) is 5.17. The average Bonchev–Trinajstić information content (AvgIpc) is 2.46. The van der Waals surface area contributed by atoms with Gasteiger partial charge in [-0.15, -0.1) is 0 Å². The highest BCUT2D eigenvalue weighted by Crippen LogP contribution is 2.27. The third-order valence-corrected chi connectivity index (χ3v) is 3.85. The van der Waals surface area contributed by atoms with Crippen molar-refractivity contribution in [2.45, 2.75) is 6.92 Å². The van der Waals surface area contributed by atoms with Crippen molar-refractivity contribution in [3.63, 3.8) is 0 Å². The normalized spacial score (nSPS) is 10.8. The molecule has 3 rings (SSSR count). The lowest BCUT2D eigenvalue weighted by atomic mass is 9.93. The van der Waals surface area contributed by atoms with Crippen molar-refractivity contribution in [1.82, 2.24) is 0 Å². The van der Waals surface area contributed by atoms with Crippen LogP contribution in [0.15, 0.2) is 54.6 Å². The number of rotatable bonds is 2. The number of fused-ring (bicyclic) bond motifs is 1. The molecule has 3 aromatic carbocycles. The van der Waals surface area contributed by atoms with Gasteiger partial charge in [-0.25, -0.2) is 4.39 Å². The van der Waals surface area contributed by atoms with E-state index in [0.29, 0.717) is 11.1 Å². The van der Waals surface area contributed by atoms with Gasteiger partial charge < -0.3 is 0 Å². The summed E-state index contributed by atoms with van der Waals surface area (Å²) in [5.41, 5.74) is 1.80. The molecule has 0 bridgehead atoms. The van der Waals surface area contributed by atoms with E-state index < -0.39 is 5.82 Å². The zero-order valence-corrected chi connectivity index (χ0v) is 12.1. The van der Waals surface area contributed by atoms with Gasteiger partial charge in [0.1, 0.15) is 5.82 Å². The minimum absolute atomic E-state index is 0.132. The van der Waals surface area contributed by atoms with E-state index in [1.54, 1.807) is 0 Å². The molecule has 0 aliphatic heterocycles. The predicted molar refractivity (Wildman–Crippen MR) is 83.5 cm³/mol. The van der Waals surface area contributed by atoms with Gasteiger partial charge in [-0.2, -0.15) is 0 Å². The first-order chi connectivity index (χ1) is 10.1. The molecule has 0 atom stereocenters. The molecule has 0 radical (unpaired) electrons. The summed E-state index contributed by atoms with van der Waals surface area (Å²) in [4.78, 5) is 12.8. The summed E-state index contributed by atoms with van der Waals surface area (Å²) < 4.78 is 13.1. The summed E-state index contributed by atoms with van der Waals surface area (Å²) in [6.45, 7) is 1.89. The maximum Gasteiger partial charge on any atom is 0.195 e. The van der Waals surface area contributed by atoms with Crippen LogP contribution in [-0.2, 0) is 0 Å². The number of hydrogen-bond donors (Lipinski definition) is 0. The largest absolute Gasteiger partial charge is 0.289 e. The smallest absolute Gasteiger partial charge is 0.195 e. The van der Waals surface area contributed by atoms with E-state index in [0.717, 1.165) is 22.4 Å². The van der Waals surface area contributed by atoms with Crippen LogP contribution < -0.4 is 0 Å². The molecule has 0 aliphatic rings. The van der Waals surface area contributed by atoms with E-state index in [1.165, 1.54) is 12.1 Å². The Kier molecular flexibility index (Phi) is 3.48. The molecule has 104 valence electrons. The lowest BCUT2D eigenvalue weighted by Crippen LogP contribution is -2.06. The molecule has 0 saturated carbocycles. The minimum Gasteiger partial charge on any atom is -0.289 e. The van der Waals surface area contributed by atoms with Crippen molar-refractivity contribution >= 4 is 28.2 Å². The van der Waals surface area contributed by atoms with Crippen LogP contribution in [0.25, 0.3) is 10.8 Å². The van der Waals surface area contributed by atoms with Gasteiger partial charge in [0.05, 0.1) is 5.02 Å². The Balaban J connectivity index is 2.24. The Hall–Kier alpha value is -2.19. The van der Waals surface area contributed by atoms with E-state index >= 15 is 0 Å². The van der Waals surface area contributed by atoms with Crippen LogP contribution in [0.2, 0.25) is 5.02 Å². The van der Waals surface area contributed by atoms with Crippen molar-refractivity contribution in [2.24, 2.45) is 0 Å². The number of carbonyl (C=O) groups excluding carboxylic acids is 1. The average molecular weight is 299 g/mol. The lowest BCUT2D eigenvalue weighted by Gasteiger charge is -2.10. The molecular formula is C18H12ClFO. The quantitative estimate of drug-likeness (QED) is 0.596. The van der Waals surface area contributed by atoms with E-state index in [1.807, 2.05) is 43.3 Å². The van der Waals surface area contributed by atoms with Gasteiger partial charge in [0.15, 0.2) is 5.78 Å². The topological polar surface area (TPSA) is 17.1 Å². The van der Waals surface area contributed by atoms with E-state index in [-0.39, 0.29) is 10.8 Å². The number of carbonyl (C=O) groups is 1. The van der Waals surface area contributed by atoms with Crippen LogP contribution in [0.5, 0.6) is 0 Å². The molecule has 0 unspecified atom stereocenters. The molecule has 0 aromatic heterocycles. The zero-order chi connectivity index (χ0) is 15.0. The Labute approximate surface area is 127 Å². The molecule has 0 heterocycles. The molecular weight excluding hydrogens is 287 g/mol. The van der Waals surface area contributed by atoms with Crippen LogP contribution in [0.3, 0.4) is 0 Å². The summed E-state index contributed by atoms with van der Waals surface area (Å²) in [7, 11) is 0. The van der Waals surface area contributed by atoms with Crippen LogP contribution in [0.1, 0.15) is 21.5 Å². The SMILES string of the molecule is Cc1ccc2ccccc2c1C(=O)c1ccc(F)cc1Cl. The van der Waals surface area contributed by atoms with Crippen LogP contribution in [0, 0.1) is 12.7 Å². The highest BCUT2D eigenvalue weighted by atomic mass is 35.5. The molecule has 0 amide bonds. The van der Waals surface area contributed by atoms with Gasteiger partial charge in [-0.3, -0.25) is 4.79 Å². The minimum atomic E-state index is -0.453. The second-order valence-electron chi connectivity index (χ2n) is 4.93. The fourth-order valence-electron chi connectivity index (χ4n) is 2.49. The third kappa shape index (κ3) is 2.43. The molecule has 3 aromatic rings. The summed E-state index contributed by atoms with van der Waals surface area (Å²) in [5, 5.41) is 2.00. The second kappa shape index (κ2) is 5.30. The van der Waals surface area contributed by atoms with Gasteiger partial charge in [0.2, 0.25) is 0 Å². The molecule has 1 nitrogen and oxygen atoms in total. The van der Waals surface area contributed by atoms with Gasteiger partial charge >= 0.3 is 0 Å². The Morgan fingerprint density at radius 1 is 1.05 bits per heavy atom. The van der Waals surface area contributed by atoms with Crippen LogP contribution >= 0.6 is 11.6 Å². The van der Waals surface area contributed by atoms with Gasteiger partial charge in [0.25, 0.3) is 0 Å². The molecule has 0 fully saturated rings. The second-order valence-corrected chi connectivity index (χ2v) is 5.34. The summed E-state index contributed by atoms with van der Waals surface area (Å²) in [6.07, 6.45) is 0. The summed E-state index contributed by atoms with van der Waals surface area (Å²) >= 11 is 6.02. The molecule has 21 heavy (non-hydrogen) atoms. The highest BCUT2D eigenvalue weighted by Gasteiger charge is 2.18. The Bertz CT molecular complexity index is 855. The van der Waals surface area contributed by atoms with E-state index in [9.17, 15) is 9.18 Å². The molecule has 0 aliphatic carbocycles. The van der Waals surface area contributed by atoms with E-state index in [4.69, 9.17) is 11.6 Å². The van der Waals surface area contributed by atoms with Crippen LogP contribution in [-0.4, -0.2) is 5.78 Å². The monoisotopic (exact) mass is 298 g/mol.